The van der Waals surface area contributed by atoms with Crippen molar-refractivity contribution in [1.29, 1.82) is 0 Å². The van der Waals surface area contributed by atoms with Crippen LogP contribution in [0.1, 0.15) is 466 Å². The van der Waals surface area contributed by atoms with Crippen molar-refractivity contribution in [2.24, 2.45) is 17.8 Å². The molecule has 19 heteroatoms. The minimum atomic E-state index is -4.97. The largest absolute Gasteiger partial charge is 0.472 e. The minimum absolute atomic E-state index is 0.107. The van der Waals surface area contributed by atoms with Gasteiger partial charge in [-0.05, 0) is 43.4 Å². The Balaban J connectivity index is 5.23. The van der Waals surface area contributed by atoms with Gasteiger partial charge in [-0.2, -0.15) is 0 Å². The third-order valence-corrected chi connectivity index (χ3v) is 22.9. The van der Waals surface area contributed by atoms with E-state index in [1.54, 1.807) is 0 Å². The third kappa shape index (κ3) is 80.5. The summed E-state index contributed by atoms with van der Waals surface area (Å²) in [5, 5.41) is 10.7. The number of carbonyl (C=O) groups excluding carboxylic acids is 4. The molecule has 6 atom stereocenters. The molecule has 0 spiro atoms. The average Bonchev–Trinajstić information content (AvgIpc) is 0.903. The summed E-state index contributed by atoms with van der Waals surface area (Å²) >= 11 is 0. The molecular weight excluding hydrogens is 1390 g/mol. The number of aliphatic hydroxyl groups excluding tert-OH is 1. The molecule has 107 heavy (non-hydrogen) atoms. The van der Waals surface area contributed by atoms with Gasteiger partial charge in [-0.15, -0.1) is 0 Å². The van der Waals surface area contributed by atoms with E-state index in [-0.39, 0.29) is 25.7 Å². The predicted octanol–water partition coefficient (Wildman–Crippen LogP) is 26.9. The SMILES string of the molecule is CCCCCCCCCCCCCCCCCCCCCCC(=O)O[C@H](COC(=O)CCCCCCCCCCCCCCCCCCC(C)C)COP(=O)(O)OC[C@@H](O)COP(=O)(O)OC[C@@H](COC(=O)CCCCCCCCC(C)CC)OC(=O)CCCCCCCCCCCCCCCCCC(C)C. The Kier molecular flexibility index (Phi) is 76.6. The number of hydrogen-bond donors (Lipinski definition) is 3. The summed E-state index contributed by atoms with van der Waals surface area (Å²) in [5.41, 5.74) is 0. The number of esters is 4. The molecule has 0 aliphatic carbocycles. The molecule has 0 saturated carbocycles. The van der Waals surface area contributed by atoms with Gasteiger partial charge in [0.25, 0.3) is 0 Å². The summed E-state index contributed by atoms with van der Waals surface area (Å²) in [4.78, 5) is 73.3. The first-order chi connectivity index (χ1) is 51.8. The topological polar surface area (TPSA) is 237 Å². The summed E-state index contributed by atoms with van der Waals surface area (Å²) in [7, 11) is -9.93. The van der Waals surface area contributed by atoms with Crippen LogP contribution in [-0.4, -0.2) is 96.7 Å². The Bertz CT molecular complexity index is 2060. The van der Waals surface area contributed by atoms with Gasteiger partial charge in [-0.3, -0.25) is 37.3 Å². The number of ether oxygens (including phenoxy) is 4. The van der Waals surface area contributed by atoms with Gasteiger partial charge in [0.05, 0.1) is 26.4 Å². The second-order valence-electron chi connectivity index (χ2n) is 32.8. The smallest absolute Gasteiger partial charge is 0.462 e. The highest BCUT2D eigenvalue weighted by Gasteiger charge is 2.31. The molecule has 636 valence electrons. The average molecular weight is 1560 g/mol. The number of rotatable bonds is 86. The van der Waals surface area contributed by atoms with Gasteiger partial charge in [0, 0.05) is 25.7 Å². The van der Waals surface area contributed by atoms with Crippen molar-refractivity contribution in [1.82, 2.24) is 0 Å². The maximum Gasteiger partial charge on any atom is 0.472 e. The zero-order chi connectivity index (χ0) is 78.6. The van der Waals surface area contributed by atoms with Crippen LogP contribution in [0.3, 0.4) is 0 Å². The summed E-state index contributed by atoms with van der Waals surface area (Å²) < 4.78 is 69.0. The van der Waals surface area contributed by atoms with Crippen LogP contribution in [0.2, 0.25) is 0 Å². The Hall–Kier alpha value is -1.94. The number of carbonyl (C=O) groups is 4. The van der Waals surface area contributed by atoms with Crippen molar-refractivity contribution in [2.75, 3.05) is 39.6 Å². The first-order valence-corrected chi connectivity index (χ1v) is 48.4. The fourth-order valence-electron chi connectivity index (χ4n) is 13.7. The summed E-state index contributed by atoms with van der Waals surface area (Å²) in [6.07, 6.45) is 69.5. The Morgan fingerprint density at radius 2 is 0.477 bits per heavy atom. The summed E-state index contributed by atoms with van der Waals surface area (Å²) in [5.74, 6) is 0.243. The maximum atomic E-state index is 13.2. The van der Waals surface area contributed by atoms with Crippen LogP contribution >= 0.6 is 15.6 Å². The van der Waals surface area contributed by atoms with Crippen molar-refractivity contribution in [2.45, 2.75) is 484 Å². The van der Waals surface area contributed by atoms with E-state index >= 15 is 0 Å². The summed E-state index contributed by atoms with van der Waals surface area (Å²) in [6, 6.07) is 0. The molecule has 0 heterocycles. The Labute approximate surface area is 658 Å². The quantitative estimate of drug-likeness (QED) is 0.0222. The normalized spacial score (nSPS) is 14.1. The third-order valence-electron chi connectivity index (χ3n) is 21.0. The van der Waals surface area contributed by atoms with Gasteiger partial charge in [-0.1, -0.05) is 414 Å². The number of phosphoric acid groups is 2. The monoisotopic (exact) mass is 1560 g/mol. The highest BCUT2D eigenvalue weighted by atomic mass is 31.2. The molecule has 17 nitrogen and oxygen atoms in total. The van der Waals surface area contributed by atoms with Crippen molar-refractivity contribution >= 4 is 39.5 Å². The second kappa shape index (κ2) is 78.0. The van der Waals surface area contributed by atoms with Crippen LogP contribution in [0.25, 0.3) is 0 Å². The molecule has 0 aliphatic rings. The molecule has 0 radical (unpaired) electrons. The first-order valence-electron chi connectivity index (χ1n) is 45.4. The van der Waals surface area contributed by atoms with Gasteiger partial charge in [-0.25, -0.2) is 9.13 Å². The fraction of sp³-hybridized carbons (Fsp3) is 0.955. The zero-order valence-corrected chi connectivity index (χ0v) is 72.4. The molecule has 0 aromatic rings. The van der Waals surface area contributed by atoms with Crippen molar-refractivity contribution in [3.8, 4) is 0 Å². The molecular formula is C88H172O17P2. The minimum Gasteiger partial charge on any atom is -0.462 e. The molecule has 0 aromatic carbocycles. The lowest BCUT2D eigenvalue weighted by Gasteiger charge is -2.21. The zero-order valence-electron chi connectivity index (χ0n) is 70.6. The molecule has 0 rings (SSSR count). The van der Waals surface area contributed by atoms with E-state index in [1.165, 1.54) is 270 Å². The van der Waals surface area contributed by atoms with E-state index in [1.807, 2.05) is 0 Å². The molecule has 0 fully saturated rings. The van der Waals surface area contributed by atoms with Crippen LogP contribution in [0, 0.1) is 17.8 Å². The molecule has 0 bridgehead atoms. The number of aliphatic hydroxyl groups is 1. The van der Waals surface area contributed by atoms with E-state index in [0.29, 0.717) is 25.7 Å². The Morgan fingerprint density at radius 3 is 0.710 bits per heavy atom. The van der Waals surface area contributed by atoms with E-state index in [9.17, 15) is 43.2 Å². The molecule has 0 aromatic heterocycles. The summed E-state index contributed by atoms with van der Waals surface area (Å²) in [6.45, 7) is 12.0. The lowest BCUT2D eigenvalue weighted by atomic mass is 10.00. The number of phosphoric ester groups is 2. The first kappa shape index (κ1) is 105. The molecule has 3 N–H and O–H groups in total. The highest BCUT2D eigenvalue weighted by molar-refractivity contribution is 7.47. The Morgan fingerprint density at radius 1 is 0.271 bits per heavy atom. The van der Waals surface area contributed by atoms with Crippen molar-refractivity contribution in [3.05, 3.63) is 0 Å². The maximum absolute atomic E-state index is 13.2. The van der Waals surface area contributed by atoms with Gasteiger partial charge in [0.15, 0.2) is 12.2 Å². The van der Waals surface area contributed by atoms with Crippen LogP contribution in [0.4, 0.5) is 0 Å². The van der Waals surface area contributed by atoms with E-state index in [2.05, 4.69) is 48.5 Å². The van der Waals surface area contributed by atoms with Crippen LogP contribution in [0.15, 0.2) is 0 Å². The van der Waals surface area contributed by atoms with E-state index < -0.39 is 97.5 Å². The number of hydrogen-bond acceptors (Lipinski definition) is 15. The van der Waals surface area contributed by atoms with E-state index in [0.717, 1.165) is 114 Å². The lowest BCUT2D eigenvalue weighted by Crippen LogP contribution is -2.30. The fourth-order valence-corrected chi connectivity index (χ4v) is 15.3. The van der Waals surface area contributed by atoms with Crippen LogP contribution < -0.4 is 0 Å². The second-order valence-corrected chi connectivity index (χ2v) is 35.7. The lowest BCUT2D eigenvalue weighted by molar-refractivity contribution is -0.161. The predicted molar refractivity (Wildman–Crippen MR) is 441 cm³/mol. The van der Waals surface area contributed by atoms with Gasteiger partial charge in [0.2, 0.25) is 0 Å². The van der Waals surface area contributed by atoms with E-state index in [4.69, 9.17) is 37.0 Å². The van der Waals surface area contributed by atoms with Gasteiger partial charge < -0.3 is 33.8 Å². The molecule has 3 unspecified atom stereocenters. The molecule has 0 amide bonds. The standard InChI is InChI=1S/C88H172O17P2/c1-8-10-11-12-13-14-15-16-17-18-19-20-21-28-33-38-43-48-57-64-71-87(92)104-83(75-98-85(90)69-62-55-47-42-37-32-27-23-22-25-30-35-40-45-52-59-66-79(3)4)77-102-106(94,95)100-73-82(89)74-101-107(96,97)103-78-84(76-99-86(91)70-63-56-51-50-54-61-68-81(7)9-2)105-88(93)72-65-58-49-44-39-34-29-24-26-31-36-41-46-53-60-67-80(5)6/h79-84,89H,8-78H2,1-7H3,(H,94,95)(H,96,97)/t81?,82-,83-,84-/m1/s1. The molecule has 0 aliphatic heterocycles. The van der Waals surface area contributed by atoms with Gasteiger partial charge >= 0.3 is 39.5 Å². The van der Waals surface area contributed by atoms with Crippen molar-refractivity contribution < 1.29 is 80.2 Å². The van der Waals surface area contributed by atoms with Gasteiger partial charge in [0.1, 0.15) is 19.3 Å². The van der Waals surface area contributed by atoms with Crippen molar-refractivity contribution in [3.63, 3.8) is 0 Å². The van der Waals surface area contributed by atoms with Crippen LogP contribution in [0.5, 0.6) is 0 Å². The molecule has 0 saturated heterocycles. The highest BCUT2D eigenvalue weighted by Crippen LogP contribution is 2.45. The van der Waals surface area contributed by atoms with Crippen LogP contribution in [-0.2, 0) is 65.4 Å². The number of unbranched alkanes of at least 4 members (excludes halogenated alkanes) is 53.